The smallest absolute Gasteiger partial charge is 0.117 e. The molecule has 112 valence electrons. The Hall–Kier alpha value is -1.13. The van der Waals surface area contributed by atoms with Crippen LogP contribution in [0.3, 0.4) is 0 Å². The molecule has 4 heteroatoms. The molecule has 21 heavy (non-hydrogen) atoms. The summed E-state index contributed by atoms with van der Waals surface area (Å²) in [6, 6.07) is 4.69. The minimum atomic E-state index is 0.400. The van der Waals surface area contributed by atoms with Crippen molar-refractivity contribution in [2.45, 2.75) is 51.6 Å². The molecular formula is C17H22N2OS. The van der Waals surface area contributed by atoms with Gasteiger partial charge >= 0.3 is 0 Å². The molecule has 3 atom stereocenters. The first-order chi connectivity index (χ1) is 10.2. The Bertz CT molecular complexity index is 628. The second-order valence-corrected chi connectivity index (χ2v) is 7.90. The number of aryl methyl sites for hydroxylation is 1. The maximum atomic E-state index is 5.99. The van der Waals surface area contributed by atoms with Crippen LogP contribution in [0.1, 0.15) is 59.6 Å². The average Bonchev–Trinajstić information content (AvgIpc) is 3.33. The highest BCUT2D eigenvalue weighted by Crippen LogP contribution is 2.47. The van der Waals surface area contributed by atoms with Crippen LogP contribution in [0, 0.1) is 18.8 Å². The number of hydrogen-bond donors (Lipinski definition) is 1. The number of thiazole rings is 1. The van der Waals surface area contributed by atoms with Gasteiger partial charge in [-0.1, -0.05) is 6.92 Å². The monoisotopic (exact) mass is 302 g/mol. The molecule has 2 aromatic heterocycles. The molecule has 1 N–H and O–H groups in total. The third kappa shape index (κ3) is 2.92. The predicted molar refractivity (Wildman–Crippen MR) is 84.4 cm³/mol. The highest BCUT2D eigenvalue weighted by atomic mass is 32.1. The number of aromatic nitrogens is 1. The van der Waals surface area contributed by atoms with Gasteiger partial charge in [0.2, 0.25) is 0 Å². The van der Waals surface area contributed by atoms with Gasteiger partial charge in [0.1, 0.15) is 16.5 Å². The second-order valence-electron chi connectivity index (χ2n) is 6.63. The lowest BCUT2D eigenvalue weighted by atomic mass is 10.2. The molecule has 0 spiro atoms. The van der Waals surface area contributed by atoms with E-state index >= 15 is 0 Å². The lowest BCUT2D eigenvalue weighted by molar-refractivity contribution is 0.407. The van der Waals surface area contributed by atoms with Gasteiger partial charge in [0.25, 0.3) is 0 Å². The van der Waals surface area contributed by atoms with Crippen molar-refractivity contribution in [3.63, 3.8) is 0 Å². The zero-order valence-corrected chi connectivity index (χ0v) is 13.5. The van der Waals surface area contributed by atoms with Crippen molar-refractivity contribution >= 4 is 11.3 Å². The summed E-state index contributed by atoms with van der Waals surface area (Å²) >= 11 is 1.82. The Kier molecular flexibility index (Phi) is 3.38. The molecule has 2 saturated carbocycles. The van der Waals surface area contributed by atoms with E-state index in [-0.39, 0.29) is 0 Å². The molecule has 2 heterocycles. The van der Waals surface area contributed by atoms with E-state index in [2.05, 4.69) is 36.3 Å². The maximum absolute atomic E-state index is 5.99. The van der Waals surface area contributed by atoms with Crippen molar-refractivity contribution in [3.8, 4) is 0 Å². The van der Waals surface area contributed by atoms with Crippen molar-refractivity contribution in [1.29, 1.82) is 0 Å². The summed E-state index contributed by atoms with van der Waals surface area (Å²) in [4.78, 5) is 5.86. The zero-order valence-electron chi connectivity index (χ0n) is 12.6. The molecule has 0 radical (unpaired) electrons. The Balaban J connectivity index is 1.41. The van der Waals surface area contributed by atoms with Gasteiger partial charge in [0.05, 0.1) is 12.6 Å². The molecule has 0 unspecified atom stereocenters. The van der Waals surface area contributed by atoms with Crippen molar-refractivity contribution < 1.29 is 4.42 Å². The van der Waals surface area contributed by atoms with E-state index in [9.17, 15) is 0 Å². The van der Waals surface area contributed by atoms with Crippen LogP contribution < -0.4 is 5.32 Å². The molecule has 2 fully saturated rings. The molecule has 0 aliphatic heterocycles. The molecule has 0 amide bonds. The van der Waals surface area contributed by atoms with Crippen LogP contribution in [0.2, 0.25) is 0 Å². The molecule has 2 aliphatic carbocycles. The highest BCUT2D eigenvalue weighted by Gasteiger charge is 2.37. The SMILES string of the molecule is Cc1cnc([C@H](NCc2ccc([C@H]3C[C@H]3C)o2)C2CC2)s1. The number of hydrogen-bond acceptors (Lipinski definition) is 4. The standard InChI is InChI=1S/C17H22N2OS/c1-10-7-14(10)15-6-5-13(20-15)9-18-16(12-3-4-12)17-19-8-11(2)21-17/h5-6,8,10,12,14,16,18H,3-4,7,9H2,1-2H3/t10-,14+,16-/m1/s1. The first kappa shape index (κ1) is 13.5. The van der Waals surface area contributed by atoms with Gasteiger partial charge in [-0.3, -0.25) is 0 Å². The van der Waals surface area contributed by atoms with E-state index in [1.54, 1.807) is 0 Å². The van der Waals surface area contributed by atoms with Crippen LogP contribution in [0.5, 0.6) is 0 Å². The normalized spacial score (nSPS) is 26.0. The molecule has 2 aromatic rings. The minimum absolute atomic E-state index is 0.400. The van der Waals surface area contributed by atoms with Crippen LogP contribution in [-0.4, -0.2) is 4.98 Å². The van der Waals surface area contributed by atoms with Gasteiger partial charge in [0, 0.05) is 17.0 Å². The fraction of sp³-hybridized carbons (Fsp3) is 0.588. The lowest BCUT2D eigenvalue weighted by Gasteiger charge is -2.14. The summed E-state index contributed by atoms with van der Waals surface area (Å²) in [6.07, 6.45) is 5.90. The number of furan rings is 1. The average molecular weight is 302 g/mol. The number of nitrogens with one attached hydrogen (secondary N) is 1. The van der Waals surface area contributed by atoms with Crippen molar-refractivity contribution in [1.82, 2.24) is 10.3 Å². The fourth-order valence-electron chi connectivity index (χ4n) is 3.02. The Morgan fingerprint density at radius 2 is 2.24 bits per heavy atom. The van der Waals surface area contributed by atoms with E-state index in [1.807, 2.05) is 17.5 Å². The molecule has 4 rings (SSSR count). The first-order valence-electron chi connectivity index (χ1n) is 7.95. The van der Waals surface area contributed by atoms with E-state index in [1.165, 1.54) is 34.9 Å². The van der Waals surface area contributed by atoms with Crippen molar-refractivity contribution in [3.05, 3.63) is 39.7 Å². The van der Waals surface area contributed by atoms with Gasteiger partial charge in [-0.05, 0) is 50.2 Å². The molecule has 0 bridgehead atoms. The maximum Gasteiger partial charge on any atom is 0.117 e. The van der Waals surface area contributed by atoms with Gasteiger partial charge in [-0.15, -0.1) is 11.3 Å². The van der Waals surface area contributed by atoms with E-state index in [4.69, 9.17) is 4.42 Å². The lowest BCUT2D eigenvalue weighted by Crippen LogP contribution is -2.22. The largest absolute Gasteiger partial charge is 0.464 e. The van der Waals surface area contributed by atoms with Crippen molar-refractivity contribution in [2.24, 2.45) is 11.8 Å². The Morgan fingerprint density at radius 1 is 1.43 bits per heavy atom. The van der Waals surface area contributed by atoms with E-state index < -0.39 is 0 Å². The van der Waals surface area contributed by atoms with Gasteiger partial charge < -0.3 is 9.73 Å². The highest BCUT2D eigenvalue weighted by molar-refractivity contribution is 7.11. The summed E-state index contributed by atoms with van der Waals surface area (Å²) in [6.45, 7) is 5.22. The minimum Gasteiger partial charge on any atom is -0.464 e. The molecule has 0 aromatic carbocycles. The van der Waals surface area contributed by atoms with E-state index in [0.717, 1.165) is 24.1 Å². The van der Waals surface area contributed by atoms with Crippen LogP contribution in [0.25, 0.3) is 0 Å². The molecular weight excluding hydrogens is 280 g/mol. The first-order valence-corrected chi connectivity index (χ1v) is 8.76. The van der Waals surface area contributed by atoms with Gasteiger partial charge in [-0.25, -0.2) is 4.98 Å². The van der Waals surface area contributed by atoms with E-state index in [0.29, 0.717) is 12.0 Å². The van der Waals surface area contributed by atoms with Crippen molar-refractivity contribution in [2.75, 3.05) is 0 Å². The molecule has 2 aliphatic rings. The summed E-state index contributed by atoms with van der Waals surface area (Å²) < 4.78 is 5.99. The number of nitrogens with zero attached hydrogens (tertiary/aromatic N) is 1. The fourth-order valence-corrected chi connectivity index (χ4v) is 3.96. The Morgan fingerprint density at radius 3 is 2.86 bits per heavy atom. The summed E-state index contributed by atoms with van der Waals surface area (Å²) in [5.41, 5.74) is 0. The van der Waals surface area contributed by atoms with Gasteiger partial charge in [0.15, 0.2) is 0 Å². The third-order valence-electron chi connectivity index (χ3n) is 4.65. The number of rotatable bonds is 6. The predicted octanol–water partition coefficient (Wildman–Crippen LogP) is 4.41. The summed E-state index contributed by atoms with van der Waals surface area (Å²) in [5, 5.41) is 4.90. The zero-order chi connectivity index (χ0) is 14.4. The third-order valence-corrected chi connectivity index (χ3v) is 5.65. The second kappa shape index (κ2) is 5.25. The summed E-state index contributed by atoms with van der Waals surface area (Å²) in [7, 11) is 0. The quantitative estimate of drug-likeness (QED) is 0.859. The van der Waals surface area contributed by atoms with Gasteiger partial charge in [-0.2, -0.15) is 0 Å². The summed E-state index contributed by atoms with van der Waals surface area (Å²) in [5.74, 6) is 4.46. The van der Waals surface area contributed by atoms with Crippen LogP contribution in [0.15, 0.2) is 22.7 Å². The van der Waals surface area contributed by atoms with Crippen LogP contribution >= 0.6 is 11.3 Å². The van der Waals surface area contributed by atoms with Crippen LogP contribution in [-0.2, 0) is 6.54 Å². The molecule has 0 saturated heterocycles. The topological polar surface area (TPSA) is 38.1 Å². The Labute approximate surface area is 129 Å². The van der Waals surface area contributed by atoms with Crippen LogP contribution in [0.4, 0.5) is 0 Å². The molecule has 3 nitrogen and oxygen atoms in total.